The Bertz CT molecular complexity index is 1260. The van der Waals surface area contributed by atoms with Crippen LogP contribution in [0.3, 0.4) is 0 Å². The van der Waals surface area contributed by atoms with Crippen molar-refractivity contribution in [1.82, 2.24) is 19.2 Å². The van der Waals surface area contributed by atoms with Crippen LogP contribution in [0.2, 0.25) is 0 Å². The Morgan fingerprint density at radius 2 is 1.97 bits per heavy atom. The number of carboxylic acids is 1. The first-order valence-corrected chi connectivity index (χ1v) is 13.8. The largest absolute Gasteiger partial charge is 0.481 e. The molecule has 3 atom stereocenters. The van der Waals surface area contributed by atoms with Gasteiger partial charge in [0.05, 0.1) is 5.92 Å². The van der Waals surface area contributed by atoms with Crippen molar-refractivity contribution in [3.63, 3.8) is 0 Å². The van der Waals surface area contributed by atoms with Crippen molar-refractivity contribution in [3.05, 3.63) is 71.9 Å². The summed E-state index contributed by atoms with van der Waals surface area (Å²) < 4.78 is 16.4. The number of benzene rings is 1. The number of hydrogen-bond donors (Lipinski definition) is 1. The molecular weight excluding hydrogens is 467 g/mol. The van der Waals surface area contributed by atoms with Crippen molar-refractivity contribution >= 4 is 11.6 Å². The number of aromatic nitrogens is 2. The van der Waals surface area contributed by atoms with E-state index in [1.165, 1.54) is 11.8 Å². The number of aliphatic carboxylic acids is 1. The van der Waals surface area contributed by atoms with Crippen molar-refractivity contribution in [1.29, 1.82) is 0 Å². The second-order valence-corrected chi connectivity index (χ2v) is 11.5. The fourth-order valence-corrected chi connectivity index (χ4v) is 7.32. The number of pyridine rings is 1. The Kier molecular flexibility index (Phi) is 6.53. The van der Waals surface area contributed by atoms with Gasteiger partial charge in [-0.2, -0.15) is 0 Å². The third kappa shape index (κ3) is 4.46. The maximum absolute atomic E-state index is 14.2. The maximum atomic E-state index is 14.2. The van der Waals surface area contributed by atoms with Crippen LogP contribution in [-0.4, -0.2) is 68.5 Å². The number of carboxylic acid groups (broad SMARTS) is 1. The zero-order valence-corrected chi connectivity index (χ0v) is 21.6. The number of hydrogen-bond acceptors (Lipinski definition) is 4. The summed E-state index contributed by atoms with van der Waals surface area (Å²) in [6, 6.07) is 13.2. The predicted octanol–water partition coefficient (Wildman–Crippen LogP) is 5.01. The Labute approximate surface area is 218 Å². The second-order valence-electron chi connectivity index (χ2n) is 11.5. The van der Waals surface area contributed by atoms with Crippen LogP contribution in [0.1, 0.15) is 62.1 Å². The first kappa shape index (κ1) is 24.6. The van der Waals surface area contributed by atoms with Crippen LogP contribution in [0.15, 0.2) is 54.9 Å². The number of imidazole rings is 1. The molecule has 3 fully saturated rings. The molecule has 0 spiro atoms. The van der Waals surface area contributed by atoms with E-state index in [2.05, 4.69) is 43.6 Å². The molecule has 6 rings (SSSR count). The fourth-order valence-electron chi connectivity index (χ4n) is 7.32. The average molecular weight is 505 g/mol. The lowest BCUT2D eigenvalue weighted by Gasteiger charge is -2.51. The normalized spacial score (nSPS) is 25.8. The Hall–Kier alpha value is -2.77. The molecule has 7 heteroatoms. The van der Waals surface area contributed by atoms with Gasteiger partial charge in [0.2, 0.25) is 0 Å². The van der Waals surface area contributed by atoms with Crippen LogP contribution in [0.25, 0.3) is 5.65 Å². The monoisotopic (exact) mass is 504 g/mol. The number of nitrogens with zero attached hydrogens (tertiary/aromatic N) is 4. The molecule has 6 nitrogen and oxygen atoms in total. The van der Waals surface area contributed by atoms with Crippen molar-refractivity contribution < 1.29 is 14.3 Å². The smallest absolute Gasteiger partial charge is 0.308 e. The maximum Gasteiger partial charge on any atom is 0.308 e. The van der Waals surface area contributed by atoms with E-state index in [0.717, 1.165) is 76.0 Å². The Morgan fingerprint density at radius 3 is 2.68 bits per heavy atom. The van der Waals surface area contributed by atoms with Crippen molar-refractivity contribution in [2.24, 2.45) is 11.8 Å². The third-order valence-electron chi connectivity index (χ3n) is 9.69. The highest BCUT2D eigenvalue weighted by Crippen LogP contribution is 2.49. The van der Waals surface area contributed by atoms with Gasteiger partial charge >= 0.3 is 5.97 Å². The molecule has 2 aliphatic heterocycles. The van der Waals surface area contributed by atoms with Gasteiger partial charge in [0.25, 0.3) is 0 Å². The van der Waals surface area contributed by atoms with Crippen LogP contribution < -0.4 is 0 Å². The fraction of sp³-hybridized carbons (Fsp3) is 0.533. The minimum absolute atomic E-state index is 0.194. The summed E-state index contributed by atoms with van der Waals surface area (Å²) >= 11 is 0. The topological polar surface area (TPSA) is 61.1 Å². The minimum Gasteiger partial charge on any atom is -0.481 e. The second kappa shape index (κ2) is 9.84. The van der Waals surface area contributed by atoms with Crippen LogP contribution in [0.4, 0.5) is 4.39 Å². The van der Waals surface area contributed by atoms with Gasteiger partial charge in [-0.05, 0) is 80.9 Å². The van der Waals surface area contributed by atoms with E-state index in [-0.39, 0.29) is 17.3 Å². The lowest BCUT2D eigenvalue weighted by atomic mass is 9.67. The molecule has 2 aromatic heterocycles. The van der Waals surface area contributed by atoms with Gasteiger partial charge in [0.1, 0.15) is 11.5 Å². The molecule has 4 heterocycles. The SMILES string of the molecule is CC(C(=O)O)C1(N2CC(CN3CCC(c4cnc5ccccn45)CC3)C(c3cccc(F)c3)C2)CCC1. The molecule has 3 unspecified atom stereocenters. The summed E-state index contributed by atoms with van der Waals surface area (Å²) in [5, 5.41) is 9.87. The highest BCUT2D eigenvalue weighted by molar-refractivity contribution is 5.71. The summed E-state index contributed by atoms with van der Waals surface area (Å²) in [6.45, 7) is 6.60. The van der Waals surface area contributed by atoms with E-state index in [1.807, 2.05) is 25.3 Å². The van der Waals surface area contributed by atoms with E-state index in [1.54, 1.807) is 6.07 Å². The highest BCUT2D eigenvalue weighted by atomic mass is 19.1. The van der Waals surface area contributed by atoms with Crippen molar-refractivity contribution in [3.8, 4) is 0 Å². The number of rotatable bonds is 7. The lowest BCUT2D eigenvalue weighted by Crippen LogP contribution is -2.59. The molecular formula is C30H37FN4O2. The third-order valence-corrected chi connectivity index (χ3v) is 9.69. The summed E-state index contributed by atoms with van der Waals surface area (Å²) in [7, 11) is 0. The van der Waals surface area contributed by atoms with E-state index in [9.17, 15) is 14.3 Å². The summed E-state index contributed by atoms with van der Waals surface area (Å²) in [4.78, 5) is 21.6. The predicted molar refractivity (Wildman–Crippen MR) is 141 cm³/mol. The Morgan fingerprint density at radius 1 is 1.16 bits per heavy atom. The highest BCUT2D eigenvalue weighted by Gasteiger charge is 2.53. The molecule has 0 bridgehead atoms. The van der Waals surface area contributed by atoms with Gasteiger partial charge in [0.15, 0.2) is 0 Å². The number of piperidine rings is 1. The van der Waals surface area contributed by atoms with Crippen molar-refractivity contribution in [2.75, 3.05) is 32.7 Å². The zero-order valence-electron chi connectivity index (χ0n) is 21.6. The molecule has 1 saturated carbocycles. The number of likely N-dealkylation sites (tertiary alicyclic amines) is 2. The van der Waals surface area contributed by atoms with Crippen LogP contribution in [0, 0.1) is 17.7 Å². The summed E-state index contributed by atoms with van der Waals surface area (Å²) in [5.74, 6) is -0.226. The van der Waals surface area contributed by atoms with Crippen molar-refractivity contribution in [2.45, 2.75) is 56.4 Å². The zero-order chi connectivity index (χ0) is 25.6. The molecule has 0 radical (unpaired) electrons. The van der Waals surface area contributed by atoms with Gasteiger partial charge < -0.3 is 14.4 Å². The van der Waals surface area contributed by atoms with Gasteiger partial charge in [-0.15, -0.1) is 0 Å². The first-order valence-electron chi connectivity index (χ1n) is 13.8. The number of halogens is 1. The summed E-state index contributed by atoms with van der Waals surface area (Å²) in [6.07, 6.45) is 9.30. The van der Waals surface area contributed by atoms with E-state index < -0.39 is 11.9 Å². The minimum atomic E-state index is -0.708. The lowest BCUT2D eigenvalue weighted by molar-refractivity contribution is -0.150. The molecule has 2 saturated heterocycles. The first-order chi connectivity index (χ1) is 17.9. The van der Waals surface area contributed by atoms with Crippen LogP contribution in [-0.2, 0) is 4.79 Å². The van der Waals surface area contributed by atoms with Gasteiger partial charge in [-0.3, -0.25) is 9.69 Å². The molecule has 3 aromatic rings. The van der Waals surface area contributed by atoms with Gasteiger partial charge in [0, 0.05) is 55.1 Å². The van der Waals surface area contributed by atoms with E-state index in [0.29, 0.717) is 11.8 Å². The van der Waals surface area contributed by atoms with Gasteiger partial charge in [-0.1, -0.05) is 25.1 Å². The summed E-state index contributed by atoms with van der Waals surface area (Å²) in [5.41, 5.74) is 3.09. The molecule has 1 aromatic carbocycles. The molecule has 3 aliphatic rings. The molecule has 37 heavy (non-hydrogen) atoms. The molecule has 196 valence electrons. The number of carbonyl (C=O) groups is 1. The standard InChI is InChI=1S/C30H37FN4O2/c1-21(29(36)37)30(11-5-12-30)34-19-24(26(20-34)23-6-4-7-25(31)16-23)18-33-14-9-22(10-15-33)27-17-32-28-8-2-3-13-35(27)28/h2-4,6-8,13,16-17,21-22,24,26H,5,9-12,14-15,18-20H2,1H3,(H,36,37). The van der Waals surface area contributed by atoms with Crippen LogP contribution >= 0.6 is 0 Å². The molecule has 1 aliphatic carbocycles. The average Bonchev–Trinajstić information content (AvgIpc) is 3.49. The van der Waals surface area contributed by atoms with Gasteiger partial charge in [-0.25, -0.2) is 9.37 Å². The number of fused-ring (bicyclic) bond motifs is 1. The van der Waals surface area contributed by atoms with E-state index in [4.69, 9.17) is 0 Å². The quantitative estimate of drug-likeness (QED) is 0.490. The molecule has 1 N–H and O–H groups in total. The van der Waals surface area contributed by atoms with E-state index >= 15 is 0 Å². The Balaban J connectivity index is 1.18. The van der Waals surface area contributed by atoms with Crippen LogP contribution in [0.5, 0.6) is 0 Å². The molecule has 0 amide bonds.